The maximum atomic E-state index is 13.9. The predicted octanol–water partition coefficient (Wildman–Crippen LogP) is 6.51. The number of amides is 1. The van der Waals surface area contributed by atoms with Crippen LogP contribution >= 0.6 is 12.2 Å². The van der Waals surface area contributed by atoms with Crippen LogP contribution in [0, 0.1) is 17.2 Å². The van der Waals surface area contributed by atoms with E-state index in [-0.39, 0.29) is 42.9 Å². The van der Waals surface area contributed by atoms with E-state index >= 15 is 0 Å². The number of hydrogen-bond acceptors (Lipinski definition) is 4. The van der Waals surface area contributed by atoms with Crippen molar-refractivity contribution < 1.29 is 18.0 Å². The van der Waals surface area contributed by atoms with Crippen molar-refractivity contribution in [2.24, 2.45) is 5.92 Å². The first kappa shape index (κ1) is 35.2. The van der Waals surface area contributed by atoms with Crippen LogP contribution in [0.2, 0.25) is 0 Å². The Kier molecular flexibility index (Phi) is 12.5. The SMILES string of the molecule is CC(C)C[C@@H](CN(Cc1ccccc1C(F)(F)F)C(=S)NCCc1ccccc1)NC(=O)Cc1cncn1Cc1ccc(C#N)cc1. The van der Waals surface area contributed by atoms with Crippen molar-refractivity contribution in [3.05, 3.63) is 125 Å². The Morgan fingerprint density at radius 1 is 1.02 bits per heavy atom. The standard InChI is InChI=1S/C36H39F3N6OS/c1-26(2)18-31(43-34(46)19-32-21-41-25-45(32)22-29-14-12-28(20-40)13-15-29)24-44(23-30-10-6-7-11-33(30)36(37,38)39)35(47)42-17-16-27-8-4-3-5-9-27/h3-15,21,25-26,31H,16-19,22-24H2,1-2H3,(H,42,47)(H,43,46)/t31-/m0/s1. The molecule has 3 aromatic carbocycles. The smallest absolute Gasteiger partial charge is 0.362 e. The van der Waals surface area contributed by atoms with Crippen LogP contribution in [0.3, 0.4) is 0 Å². The summed E-state index contributed by atoms with van der Waals surface area (Å²) in [6, 6.07) is 24.3. The second-order valence-electron chi connectivity index (χ2n) is 11.9. The molecule has 4 rings (SSSR count). The number of hydrogen-bond donors (Lipinski definition) is 2. The summed E-state index contributed by atoms with van der Waals surface area (Å²) in [6.45, 7) is 5.20. The molecule has 0 aliphatic carbocycles. The minimum Gasteiger partial charge on any atom is -0.362 e. The first-order valence-electron chi connectivity index (χ1n) is 15.5. The highest BCUT2D eigenvalue weighted by molar-refractivity contribution is 7.80. The van der Waals surface area contributed by atoms with Crippen LogP contribution in [0.15, 0.2) is 91.4 Å². The molecule has 47 heavy (non-hydrogen) atoms. The number of benzene rings is 3. The maximum Gasteiger partial charge on any atom is 0.416 e. The van der Waals surface area contributed by atoms with Gasteiger partial charge in [0.15, 0.2) is 5.11 Å². The van der Waals surface area contributed by atoms with Crippen LogP contribution in [-0.2, 0) is 36.9 Å². The minimum atomic E-state index is -4.52. The monoisotopic (exact) mass is 660 g/mol. The summed E-state index contributed by atoms with van der Waals surface area (Å²) in [5.41, 5.74) is 2.75. The summed E-state index contributed by atoms with van der Waals surface area (Å²) >= 11 is 5.75. The molecule has 0 saturated carbocycles. The van der Waals surface area contributed by atoms with Gasteiger partial charge in [-0.25, -0.2) is 4.98 Å². The largest absolute Gasteiger partial charge is 0.416 e. The van der Waals surface area contributed by atoms with Gasteiger partial charge in [-0.3, -0.25) is 4.79 Å². The van der Waals surface area contributed by atoms with E-state index in [2.05, 4.69) is 21.7 Å². The van der Waals surface area contributed by atoms with Gasteiger partial charge in [-0.2, -0.15) is 18.4 Å². The van der Waals surface area contributed by atoms with Crippen molar-refractivity contribution in [1.82, 2.24) is 25.1 Å². The molecule has 0 aliphatic rings. The Balaban J connectivity index is 1.49. The summed E-state index contributed by atoms with van der Waals surface area (Å²) in [6.07, 6.45) is 0.146. The van der Waals surface area contributed by atoms with Crippen LogP contribution in [0.1, 0.15) is 53.8 Å². The zero-order valence-corrected chi connectivity index (χ0v) is 27.3. The average molecular weight is 661 g/mol. The molecule has 0 aliphatic heterocycles. The maximum absolute atomic E-state index is 13.9. The second-order valence-corrected chi connectivity index (χ2v) is 12.3. The van der Waals surface area contributed by atoms with E-state index in [0.29, 0.717) is 42.3 Å². The Hall–Kier alpha value is -4.69. The molecule has 11 heteroatoms. The summed E-state index contributed by atoms with van der Waals surface area (Å²) in [7, 11) is 0. The fourth-order valence-electron chi connectivity index (χ4n) is 5.41. The number of aromatic nitrogens is 2. The zero-order valence-electron chi connectivity index (χ0n) is 26.5. The van der Waals surface area contributed by atoms with Gasteiger partial charge in [0.25, 0.3) is 0 Å². The molecule has 1 atom stereocenters. The number of nitrogens with zero attached hydrogens (tertiary/aromatic N) is 4. The number of halogens is 3. The highest BCUT2D eigenvalue weighted by Crippen LogP contribution is 2.32. The lowest BCUT2D eigenvalue weighted by Gasteiger charge is -2.32. The van der Waals surface area contributed by atoms with Crippen molar-refractivity contribution >= 4 is 23.2 Å². The Morgan fingerprint density at radius 3 is 2.40 bits per heavy atom. The van der Waals surface area contributed by atoms with Gasteiger partial charge in [-0.15, -0.1) is 0 Å². The molecular formula is C36H39F3N6OS. The van der Waals surface area contributed by atoms with Crippen molar-refractivity contribution in [3.8, 4) is 6.07 Å². The fraction of sp³-hybridized carbons (Fsp3) is 0.333. The fourth-order valence-corrected chi connectivity index (χ4v) is 5.65. The van der Waals surface area contributed by atoms with Gasteiger partial charge in [0.2, 0.25) is 5.91 Å². The van der Waals surface area contributed by atoms with Crippen molar-refractivity contribution in [1.29, 1.82) is 5.26 Å². The van der Waals surface area contributed by atoms with Crippen LogP contribution in [0.5, 0.6) is 0 Å². The van der Waals surface area contributed by atoms with Gasteiger partial charge in [0.1, 0.15) is 0 Å². The number of thiocarbonyl (C=S) groups is 1. The van der Waals surface area contributed by atoms with E-state index in [1.165, 1.54) is 12.1 Å². The lowest BCUT2D eigenvalue weighted by Crippen LogP contribution is -2.49. The van der Waals surface area contributed by atoms with Crippen LogP contribution in [0.4, 0.5) is 13.2 Å². The molecular weight excluding hydrogens is 621 g/mol. The molecule has 4 aromatic rings. The summed E-state index contributed by atoms with van der Waals surface area (Å²) in [5.74, 6) is -0.0260. The number of imidazole rings is 1. The molecule has 0 spiro atoms. The van der Waals surface area contributed by atoms with Gasteiger partial charge in [0.05, 0.1) is 29.9 Å². The molecule has 1 amide bonds. The van der Waals surface area contributed by atoms with Crippen LogP contribution < -0.4 is 10.6 Å². The number of carbonyl (C=O) groups excluding carboxylic acids is 1. The molecule has 7 nitrogen and oxygen atoms in total. The van der Waals surface area contributed by atoms with Gasteiger partial charge < -0.3 is 20.1 Å². The number of alkyl halides is 3. The van der Waals surface area contributed by atoms with E-state index in [0.717, 1.165) is 17.2 Å². The third-order valence-corrected chi connectivity index (χ3v) is 8.04. The van der Waals surface area contributed by atoms with Gasteiger partial charge in [-0.1, -0.05) is 74.5 Å². The molecule has 0 fully saturated rings. The first-order valence-corrected chi connectivity index (χ1v) is 15.9. The number of nitriles is 1. The molecule has 0 saturated heterocycles. The number of nitrogens with one attached hydrogen (secondary N) is 2. The van der Waals surface area contributed by atoms with Crippen molar-refractivity contribution in [3.63, 3.8) is 0 Å². The third kappa shape index (κ3) is 11.0. The highest BCUT2D eigenvalue weighted by atomic mass is 32.1. The Morgan fingerprint density at radius 2 is 1.72 bits per heavy atom. The predicted molar refractivity (Wildman–Crippen MR) is 180 cm³/mol. The second kappa shape index (κ2) is 16.7. The van der Waals surface area contributed by atoms with Crippen LogP contribution in [-0.4, -0.2) is 44.6 Å². The van der Waals surface area contributed by atoms with E-state index in [9.17, 15) is 18.0 Å². The number of rotatable bonds is 14. The highest BCUT2D eigenvalue weighted by Gasteiger charge is 2.33. The zero-order chi connectivity index (χ0) is 33.8. The van der Waals surface area contributed by atoms with E-state index in [1.807, 2.05) is 60.9 Å². The van der Waals surface area contributed by atoms with E-state index in [1.54, 1.807) is 35.6 Å². The lowest BCUT2D eigenvalue weighted by atomic mass is 10.0. The quantitative estimate of drug-likeness (QED) is 0.150. The molecule has 2 N–H and O–H groups in total. The lowest BCUT2D eigenvalue weighted by molar-refractivity contribution is -0.138. The average Bonchev–Trinajstić information content (AvgIpc) is 3.46. The van der Waals surface area contributed by atoms with Gasteiger partial charge in [-0.05, 0) is 65.9 Å². The van der Waals surface area contributed by atoms with Gasteiger partial charge in [0, 0.05) is 44.1 Å². The van der Waals surface area contributed by atoms with Gasteiger partial charge >= 0.3 is 6.18 Å². The molecule has 1 aromatic heterocycles. The number of carbonyl (C=O) groups is 1. The summed E-state index contributed by atoms with van der Waals surface area (Å²) in [5, 5.41) is 15.7. The van der Waals surface area contributed by atoms with E-state index in [4.69, 9.17) is 17.5 Å². The Bertz CT molecular complexity index is 1650. The van der Waals surface area contributed by atoms with Crippen molar-refractivity contribution in [2.45, 2.75) is 58.4 Å². The molecule has 0 bridgehead atoms. The Labute approximate surface area is 279 Å². The molecule has 0 radical (unpaired) electrons. The minimum absolute atomic E-state index is 0.0710. The first-order chi connectivity index (χ1) is 22.5. The normalized spacial score (nSPS) is 11.9. The topological polar surface area (TPSA) is 86.0 Å². The van der Waals surface area contributed by atoms with Crippen LogP contribution in [0.25, 0.3) is 0 Å². The molecule has 246 valence electrons. The van der Waals surface area contributed by atoms with E-state index < -0.39 is 11.7 Å². The van der Waals surface area contributed by atoms with Crippen molar-refractivity contribution in [2.75, 3.05) is 13.1 Å². The third-order valence-electron chi connectivity index (χ3n) is 7.64. The molecule has 0 unspecified atom stereocenters. The summed E-state index contributed by atoms with van der Waals surface area (Å²) in [4.78, 5) is 19.4. The summed E-state index contributed by atoms with van der Waals surface area (Å²) < 4.78 is 43.7. The molecule has 1 heterocycles.